The Kier molecular flexibility index (Phi) is 7.05. The predicted molar refractivity (Wildman–Crippen MR) is 79.8 cm³/mol. The second kappa shape index (κ2) is 8.30. The van der Waals surface area contributed by atoms with Crippen molar-refractivity contribution in [2.24, 2.45) is 5.92 Å². The standard InChI is InChI=1S/C14H21BrN2O2/c1-10(2)14(19)17-8-7-16-9-13(18)11-3-5-12(15)6-4-11/h3-6,10,13,16,18H,7-9H2,1-2H3,(H,17,19)/t13-/m0/s1. The molecule has 1 aromatic carbocycles. The van der Waals surface area contributed by atoms with Crippen LogP contribution >= 0.6 is 15.9 Å². The molecule has 5 heteroatoms. The lowest BCUT2D eigenvalue weighted by Crippen LogP contribution is -2.35. The molecule has 19 heavy (non-hydrogen) atoms. The molecule has 0 aliphatic rings. The number of aliphatic hydroxyl groups excluding tert-OH is 1. The minimum atomic E-state index is -0.533. The molecule has 3 N–H and O–H groups in total. The van der Waals surface area contributed by atoms with Gasteiger partial charge in [0.15, 0.2) is 0 Å². The number of amides is 1. The van der Waals surface area contributed by atoms with Gasteiger partial charge < -0.3 is 15.7 Å². The van der Waals surface area contributed by atoms with E-state index < -0.39 is 6.10 Å². The highest BCUT2D eigenvalue weighted by molar-refractivity contribution is 9.10. The van der Waals surface area contributed by atoms with Crippen LogP contribution in [0.5, 0.6) is 0 Å². The minimum Gasteiger partial charge on any atom is -0.387 e. The molecule has 1 amide bonds. The van der Waals surface area contributed by atoms with E-state index in [0.717, 1.165) is 10.0 Å². The molecule has 1 atom stereocenters. The third kappa shape index (κ3) is 6.18. The van der Waals surface area contributed by atoms with Crippen LogP contribution in [0.4, 0.5) is 0 Å². The summed E-state index contributed by atoms with van der Waals surface area (Å²) in [7, 11) is 0. The van der Waals surface area contributed by atoms with Crippen LogP contribution < -0.4 is 10.6 Å². The molecular weight excluding hydrogens is 308 g/mol. The molecule has 0 bridgehead atoms. The summed E-state index contributed by atoms with van der Waals surface area (Å²) in [6.45, 7) is 5.41. The molecule has 0 saturated carbocycles. The Morgan fingerprint density at radius 1 is 1.26 bits per heavy atom. The van der Waals surface area contributed by atoms with E-state index in [1.165, 1.54) is 0 Å². The summed E-state index contributed by atoms with van der Waals surface area (Å²) in [5, 5.41) is 15.9. The zero-order valence-electron chi connectivity index (χ0n) is 11.3. The molecule has 106 valence electrons. The van der Waals surface area contributed by atoms with Crippen LogP contribution in [0.2, 0.25) is 0 Å². The molecule has 0 aliphatic heterocycles. The van der Waals surface area contributed by atoms with E-state index in [-0.39, 0.29) is 11.8 Å². The second-order valence-electron chi connectivity index (χ2n) is 4.72. The number of carbonyl (C=O) groups excluding carboxylic acids is 1. The molecule has 0 radical (unpaired) electrons. The van der Waals surface area contributed by atoms with Crippen LogP contribution in [0.15, 0.2) is 28.7 Å². The lowest BCUT2D eigenvalue weighted by Gasteiger charge is -2.13. The topological polar surface area (TPSA) is 61.4 Å². The van der Waals surface area contributed by atoms with Crippen molar-refractivity contribution < 1.29 is 9.90 Å². The minimum absolute atomic E-state index is 0.00774. The molecule has 0 fully saturated rings. The average molecular weight is 329 g/mol. The van der Waals surface area contributed by atoms with Crippen molar-refractivity contribution in [2.45, 2.75) is 20.0 Å². The smallest absolute Gasteiger partial charge is 0.222 e. The van der Waals surface area contributed by atoms with Crippen LogP contribution in [0, 0.1) is 5.92 Å². The summed E-state index contributed by atoms with van der Waals surface area (Å²) in [5.74, 6) is 0.0589. The lowest BCUT2D eigenvalue weighted by atomic mass is 10.1. The molecule has 0 heterocycles. The van der Waals surface area contributed by atoms with E-state index in [1.807, 2.05) is 38.1 Å². The van der Waals surface area contributed by atoms with Gasteiger partial charge in [0.05, 0.1) is 6.10 Å². The number of hydrogen-bond donors (Lipinski definition) is 3. The van der Waals surface area contributed by atoms with Gasteiger partial charge in [-0.25, -0.2) is 0 Å². The third-order valence-corrected chi connectivity index (χ3v) is 3.25. The molecule has 1 aromatic rings. The number of rotatable bonds is 7. The number of halogens is 1. The first-order valence-corrected chi connectivity index (χ1v) is 7.22. The summed E-state index contributed by atoms with van der Waals surface area (Å²) in [5.41, 5.74) is 0.877. The van der Waals surface area contributed by atoms with Crippen LogP contribution in [-0.2, 0) is 4.79 Å². The fraction of sp³-hybridized carbons (Fsp3) is 0.500. The van der Waals surface area contributed by atoms with Gasteiger partial charge in [-0.1, -0.05) is 41.9 Å². The maximum absolute atomic E-state index is 11.3. The van der Waals surface area contributed by atoms with E-state index >= 15 is 0 Å². The fourth-order valence-electron chi connectivity index (χ4n) is 1.52. The largest absolute Gasteiger partial charge is 0.387 e. The van der Waals surface area contributed by atoms with E-state index in [2.05, 4.69) is 26.6 Å². The maximum atomic E-state index is 11.3. The van der Waals surface area contributed by atoms with E-state index in [1.54, 1.807) is 0 Å². The number of nitrogens with one attached hydrogen (secondary N) is 2. The first-order valence-electron chi connectivity index (χ1n) is 6.42. The van der Waals surface area contributed by atoms with Crippen molar-refractivity contribution >= 4 is 21.8 Å². The van der Waals surface area contributed by atoms with Gasteiger partial charge in [-0.2, -0.15) is 0 Å². The molecule has 0 aliphatic carbocycles. The fourth-order valence-corrected chi connectivity index (χ4v) is 1.78. The Morgan fingerprint density at radius 2 is 1.89 bits per heavy atom. The predicted octanol–water partition coefficient (Wildman–Crippen LogP) is 1.84. The van der Waals surface area contributed by atoms with Crippen LogP contribution in [-0.4, -0.2) is 30.6 Å². The van der Waals surface area contributed by atoms with Crippen LogP contribution in [0.1, 0.15) is 25.5 Å². The Morgan fingerprint density at radius 3 is 2.47 bits per heavy atom. The molecule has 1 rings (SSSR count). The van der Waals surface area contributed by atoms with Crippen molar-refractivity contribution in [3.8, 4) is 0 Å². The molecule has 0 saturated heterocycles. The summed E-state index contributed by atoms with van der Waals surface area (Å²) in [4.78, 5) is 11.3. The summed E-state index contributed by atoms with van der Waals surface area (Å²) < 4.78 is 0.993. The van der Waals surface area contributed by atoms with Crippen LogP contribution in [0.3, 0.4) is 0 Å². The normalized spacial score (nSPS) is 12.5. The molecule has 0 unspecified atom stereocenters. The van der Waals surface area contributed by atoms with Crippen molar-refractivity contribution in [1.82, 2.24) is 10.6 Å². The van der Waals surface area contributed by atoms with Crippen molar-refractivity contribution in [1.29, 1.82) is 0 Å². The van der Waals surface area contributed by atoms with Gasteiger partial charge in [-0.3, -0.25) is 4.79 Å². The highest BCUT2D eigenvalue weighted by Crippen LogP contribution is 2.15. The molecular formula is C14H21BrN2O2. The first-order chi connectivity index (χ1) is 9.00. The second-order valence-corrected chi connectivity index (χ2v) is 5.63. The zero-order chi connectivity index (χ0) is 14.3. The van der Waals surface area contributed by atoms with Gasteiger partial charge in [-0.05, 0) is 17.7 Å². The number of benzene rings is 1. The summed E-state index contributed by atoms with van der Waals surface area (Å²) >= 11 is 3.36. The van der Waals surface area contributed by atoms with Crippen molar-refractivity contribution in [3.05, 3.63) is 34.3 Å². The number of carbonyl (C=O) groups is 1. The van der Waals surface area contributed by atoms with Crippen LogP contribution in [0.25, 0.3) is 0 Å². The number of aliphatic hydroxyl groups is 1. The van der Waals surface area contributed by atoms with Gasteiger partial charge in [0.1, 0.15) is 0 Å². The summed E-state index contributed by atoms with van der Waals surface area (Å²) in [6, 6.07) is 7.58. The van der Waals surface area contributed by atoms with Gasteiger partial charge in [0.25, 0.3) is 0 Å². The quantitative estimate of drug-likeness (QED) is 0.669. The highest BCUT2D eigenvalue weighted by Gasteiger charge is 2.07. The van der Waals surface area contributed by atoms with Crippen molar-refractivity contribution in [2.75, 3.05) is 19.6 Å². The van der Waals surface area contributed by atoms with Gasteiger partial charge in [0, 0.05) is 30.0 Å². The van der Waals surface area contributed by atoms with E-state index in [4.69, 9.17) is 0 Å². The summed E-state index contributed by atoms with van der Waals surface area (Å²) in [6.07, 6.45) is -0.533. The van der Waals surface area contributed by atoms with Gasteiger partial charge >= 0.3 is 0 Å². The third-order valence-electron chi connectivity index (χ3n) is 2.72. The Balaban J connectivity index is 2.19. The van der Waals surface area contributed by atoms with E-state index in [9.17, 15) is 9.90 Å². The number of hydrogen-bond acceptors (Lipinski definition) is 3. The SMILES string of the molecule is CC(C)C(=O)NCCNC[C@H](O)c1ccc(Br)cc1. The zero-order valence-corrected chi connectivity index (χ0v) is 12.9. The average Bonchev–Trinajstić information content (AvgIpc) is 2.38. The molecule has 0 aromatic heterocycles. The molecule has 4 nitrogen and oxygen atoms in total. The Bertz CT molecular complexity index is 393. The Labute approximate surface area is 122 Å². The first kappa shape index (κ1) is 16.1. The van der Waals surface area contributed by atoms with Gasteiger partial charge in [0.2, 0.25) is 5.91 Å². The monoisotopic (exact) mass is 328 g/mol. The van der Waals surface area contributed by atoms with Crippen molar-refractivity contribution in [3.63, 3.8) is 0 Å². The highest BCUT2D eigenvalue weighted by atomic mass is 79.9. The Hall–Kier alpha value is -0.910. The lowest BCUT2D eigenvalue weighted by molar-refractivity contribution is -0.123. The van der Waals surface area contributed by atoms with E-state index in [0.29, 0.717) is 19.6 Å². The molecule has 0 spiro atoms. The van der Waals surface area contributed by atoms with Gasteiger partial charge in [-0.15, -0.1) is 0 Å². The maximum Gasteiger partial charge on any atom is 0.222 e.